The highest BCUT2D eigenvalue weighted by Crippen LogP contribution is 2.26. The van der Waals surface area contributed by atoms with Crippen LogP contribution in [-0.2, 0) is 11.3 Å². The van der Waals surface area contributed by atoms with Gasteiger partial charge in [0.15, 0.2) is 11.0 Å². The van der Waals surface area contributed by atoms with Gasteiger partial charge in [0.25, 0.3) is 0 Å². The van der Waals surface area contributed by atoms with Crippen LogP contribution in [0.2, 0.25) is 0 Å². The Hall–Kier alpha value is -2.26. The Balaban J connectivity index is 1.71. The predicted molar refractivity (Wildman–Crippen MR) is 105 cm³/mol. The van der Waals surface area contributed by atoms with E-state index < -0.39 is 5.82 Å². The lowest BCUT2D eigenvalue weighted by Gasteiger charge is -2.09. The highest BCUT2D eigenvalue weighted by Gasteiger charge is 2.17. The highest BCUT2D eigenvalue weighted by atomic mass is 79.9. The summed E-state index contributed by atoms with van der Waals surface area (Å²) in [6, 6.07) is 10.7. The van der Waals surface area contributed by atoms with Gasteiger partial charge in [-0.1, -0.05) is 39.8 Å². The Bertz CT molecular complexity index is 980. The number of aromatic nitrogens is 3. The number of hydrogen-bond acceptors (Lipinski definition) is 4. The summed E-state index contributed by atoms with van der Waals surface area (Å²) in [6.45, 7) is 2.40. The number of thioether (sulfide) groups is 1. The fraction of sp³-hybridized carbons (Fsp3) is 0.167. The third-order valence-corrected chi connectivity index (χ3v) is 5.15. The molecule has 1 aromatic heterocycles. The predicted octanol–water partition coefficient (Wildman–Crippen LogP) is 4.74. The first-order chi connectivity index (χ1) is 13.0. The molecule has 1 N–H and O–H groups in total. The number of carbonyl (C=O) groups excluding carboxylic acids is 1. The van der Waals surface area contributed by atoms with Crippen LogP contribution in [0.1, 0.15) is 6.92 Å². The molecule has 3 rings (SSSR count). The van der Waals surface area contributed by atoms with Gasteiger partial charge in [-0.3, -0.25) is 4.79 Å². The van der Waals surface area contributed by atoms with E-state index in [1.54, 1.807) is 28.8 Å². The van der Waals surface area contributed by atoms with Crippen LogP contribution in [0.15, 0.2) is 52.1 Å². The smallest absolute Gasteiger partial charge is 0.234 e. The molecule has 0 aliphatic rings. The van der Waals surface area contributed by atoms with Crippen LogP contribution in [0.5, 0.6) is 0 Å². The molecule has 2 aromatic carbocycles. The van der Waals surface area contributed by atoms with Gasteiger partial charge in [-0.05, 0) is 37.3 Å². The molecule has 1 heterocycles. The van der Waals surface area contributed by atoms with E-state index in [9.17, 15) is 13.6 Å². The first kappa shape index (κ1) is 19.5. The standard InChI is InChI=1S/C18H15BrF2N4OS/c1-2-25-17(12-5-3-4-6-13(12)20)23-24-18(25)27-10-16(26)22-15-8-7-11(19)9-14(15)21/h3-9H,2,10H2,1H3,(H,22,26). The van der Waals surface area contributed by atoms with Crippen molar-refractivity contribution in [3.8, 4) is 11.4 Å². The number of halogens is 3. The Kier molecular flexibility index (Phi) is 6.22. The van der Waals surface area contributed by atoms with E-state index >= 15 is 0 Å². The molecular formula is C18H15BrF2N4OS. The quantitative estimate of drug-likeness (QED) is 0.548. The SMILES string of the molecule is CCn1c(SCC(=O)Nc2ccc(Br)cc2F)nnc1-c1ccccc1F. The summed E-state index contributed by atoms with van der Waals surface area (Å²) in [5.41, 5.74) is 0.452. The van der Waals surface area contributed by atoms with Gasteiger partial charge < -0.3 is 9.88 Å². The zero-order valence-electron chi connectivity index (χ0n) is 14.2. The van der Waals surface area contributed by atoms with Crippen molar-refractivity contribution < 1.29 is 13.6 Å². The maximum atomic E-state index is 14.0. The van der Waals surface area contributed by atoms with Crippen LogP contribution in [0, 0.1) is 11.6 Å². The second-order valence-electron chi connectivity index (χ2n) is 5.49. The summed E-state index contributed by atoms with van der Waals surface area (Å²) in [5.74, 6) is -0.872. The third kappa shape index (κ3) is 4.54. The number of benzene rings is 2. The fourth-order valence-electron chi connectivity index (χ4n) is 2.43. The van der Waals surface area contributed by atoms with Crippen LogP contribution >= 0.6 is 27.7 Å². The molecule has 0 atom stereocenters. The maximum absolute atomic E-state index is 14.0. The first-order valence-electron chi connectivity index (χ1n) is 8.05. The van der Waals surface area contributed by atoms with Crippen LogP contribution in [0.25, 0.3) is 11.4 Å². The van der Waals surface area contributed by atoms with Crippen LogP contribution < -0.4 is 5.32 Å². The van der Waals surface area contributed by atoms with Crippen molar-refractivity contribution in [2.24, 2.45) is 0 Å². The molecule has 0 bridgehead atoms. The van der Waals surface area contributed by atoms with Crippen molar-refractivity contribution in [3.63, 3.8) is 0 Å². The van der Waals surface area contributed by atoms with Gasteiger partial charge in [0.2, 0.25) is 5.91 Å². The van der Waals surface area contributed by atoms with E-state index in [1.807, 2.05) is 6.92 Å². The summed E-state index contributed by atoms with van der Waals surface area (Å²) in [6.07, 6.45) is 0. The van der Waals surface area contributed by atoms with Gasteiger partial charge in [-0.2, -0.15) is 0 Å². The molecule has 0 radical (unpaired) electrons. The lowest BCUT2D eigenvalue weighted by molar-refractivity contribution is -0.113. The van der Waals surface area contributed by atoms with E-state index in [-0.39, 0.29) is 23.2 Å². The second kappa shape index (κ2) is 8.62. The van der Waals surface area contributed by atoms with Gasteiger partial charge in [0.1, 0.15) is 11.6 Å². The van der Waals surface area contributed by atoms with Crippen molar-refractivity contribution in [3.05, 3.63) is 58.6 Å². The van der Waals surface area contributed by atoms with Crippen LogP contribution in [-0.4, -0.2) is 26.4 Å². The fourth-order valence-corrected chi connectivity index (χ4v) is 3.57. The average Bonchev–Trinajstić information content (AvgIpc) is 3.05. The van der Waals surface area contributed by atoms with Gasteiger partial charge >= 0.3 is 0 Å². The monoisotopic (exact) mass is 452 g/mol. The average molecular weight is 453 g/mol. The van der Waals surface area contributed by atoms with Crippen molar-refractivity contribution in [2.45, 2.75) is 18.6 Å². The first-order valence-corrected chi connectivity index (χ1v) is 9.83. The Labute approximate surface area is 167 Å². The van der Waals surface area contributed by atoms with E-state index in [0.717, 1.165) is 11.8 Å². The van der Waals surface area contributed by atoms with E-state index in [0.29, 0.717) is 27.6 Å². The molecule has 0 aliphatic heterocycles. The molecule has 0 spiro atoms. The number of nitrogens with zero attached hydrogens (tertiary/aromatic N) is 3. The summed E-state index contributed by atoms with van der Waals surface area (Å²) in [7, 11) is 0. The minimum Gasteiger partial charge on any atom is -0.323 e. The molecule has 5 nitrogen and oxygen atoms in total. The normalized spacial score (nSPS) is 10.8. The molecule has 0 saturated carbocycles. The van der Waals surface area contributed by atoms with Crippen molar-refractivity contribution >= 4 is 39.3 Å². The second-order valence-corrected chi connectivity index (χ2v) is 7.35. The Morgan fingerprint density at radius 2 is 1.96 bits per heavy atom. The van der Waals surface area contributed by atoms with Crippen LogP contribution in [0.3, 0.4) is 0 Å². The molecule has 0 fully saturated rings. The molecule has 3 aromatic rings. The number of nitrogens with one attached hydrogen (secondary N) is 1. The number of amides is 1. The molecule has 1 amide bonds. The Morgan fingerprint density at radius 1 is 1.19 bits per heavy atom. The van der Waals surface area contributed by atoms with E-state index in [1.165, 1.54) is 18.2 Å². The minimum absolute atomic E-state index is 0.0188. The van der Waals surface area contributed by atoms with Crippen molar-refractivity contribution in [1.82, 2.24) is 14.8 Å². The number of rotatable bonds is 6. The van der Waals surface area contributed by atoms with Crippen molar-refractivity contribution in [1.29, 1.82) is 0 Å². The summed E-state index contributed by atoms with van der Waals surface area (Å²) in [4.78, 5) is 12.1. The van der Waals surface area contributed by atoms with Gasteiger partial charge in [-0.15, -0.1) is 10.2 Å². The Morgan fingerprint density at radius 3 is 2.67 bits per heavy atom. The van der Waals surface area contributed by atoms with E-state index in [4.69, 9.17) is 0 Å². The third-order valence-electron chi connectivity index (χ3n) is 3.69. The van der Waals surface area contributed by atoms with Crippen molar-refractivity contribution in [2.75, 3.05) is 11.1 Å². The molecule has 0 unspecified atom stereocenters. The van der Waals surface area contributed by atoms with Gasteiger partial charge in [-0.25, -0.2) is 8.78 Å². The number of anilines is 1. The molecule has 0 saturated heterocycles. The maximum Gasteiger partial charge on any atom is 0.234 e. The molecule has 27 heavy (non-hydrogen) atoms. The largest absolute Gasteiger partial charge is 0.323 e. The zero-order valence-corrected chi connectivity index (χ0v) is 16.7. The summed E-state index contributed by atoms with van der Waals surface area (Å²) in [5, 5.41) is 11.1. The van der Waals surface area contributed by atoms with Gasteiger partial charge in [0, 0.05) is 11.0 Å². The van der Waals surface area contributed by atoms with E-state index in [2.05, 4.69) is 31.4 Å². The van der Waals surface area contributed by atoms with Crippen LogP contribution in [0.4, 0.5) is 14.5 Å². The highest BCUT2D eigenvalue weighted by molar-refractivity contribution is 9.10. The minimum atomic E-state index is -0.527. The number of hydrogen-bond donors (Lipinski definition) is 1. The summed E-state index contributed by atoms with van der Waals surface area (Å²) < 4.78 is 30.2. The van der Waals surface area contributed by atoms with Gasteiger partial charge in [0.05, 0.1) is 17.0 Å². The number of carbonyl (C=O) groups is 1. The molecule has 9 heteroatoms. The molecule has 0 aliphatic carbocycles. The zero-order chi connectivity index (χ0) is 19.4. The molecular weight excluding hydrogens is 438 g/mol. The lowest BCUT2D eigenvalue weighted by Crippen LogP contribution is -2.15. The topological polar surface area (TPSA) is 59.8 Å². The summed E-state index contributed by atoms with van der Waals surface area (Å²) >= 11 is 4.32. The molecule has 140 valence electrons. The lowest BCUT2D eigenvalue weighted by atomic mass is 10.2.